The summed E-state index contributed by atoms with van der Waals surface area (Å²) >= 11 is 0. The lowest BCUT2D eigenvalue weighted by molar-refractivity contribution is 0.0939. The average molecular weight is 323 g/mol. The fraction of sp³-hybridized carbons (Fsp3) is 1.00. The Kier molecular flexibility index (Phi) is 14.6. The van der Waals surface area contributed by atoms with Crippen LogP contribution in [0.25, 0.3) is 0 Å². The second-order valence-electron chi connectivity index (χ2n) is 5.38. The van der Waals surface area contributed by atoms with Crippen LogP contribution < -0.4 is 0 Å². The molecular weight excluding hydrogens is 292 g/mol. The second-order valence-corrected chi connectivity index (χ2v) is 6.43. The van der Waals surface area contributed by atoms with Crippen LogP contribution in [0, 0.1) is 0 Å². The van der Waals surface area contributed by atoms with Gasteiger partial charge in [0.15, 0.2) is 0 Å². The molecule has 21 heavy (non-hydrogen) atoms. The van der Waals surface area contributed by atoms with Crippen molar-refractivity contribution in [1.82, 2.24) is 0 Å². The monoisotopic (exact) mass is 323 g/mol. The van der Waals surface area contributed by atoms with Gasteiger partial charge in [-0.25, -0.2) is 8.42 Å². The van der Waals surface area contributed by atoms with Gasteiger partial charge in [-0.1, -0.05) is 71.1 Å². The summed E-state index contributed by atoms with van der Waals surface area (Å²) in [4.78, 5) is 0. The smallest absolute Gasteiger partial charge is 0.217 e. The van der Waals surface area contributed by atoms with Crippen LogP contribution in [0.4, 0.5) is 0 Å². The zero-order chi connectivity index (χ0) is 15.8. The normalized spacial score (nSPS) is 11.9. The third kappa shape index (κ3) is 19.8. The first kappa shape index (κ1) is 20.8. The van der Waals surface area contributed by atoms with Gasteiger partial charge >= 0.3 is 0 Å². The Balaban J connectivity index is 3.03. The van der Waals surface area contributed by atoms with E-state index in [0.717, 1.165) is 12.8 Å². The summed E-state index contributed by atoms with van der Waals surface area (Å²) in [7, 11) is -4.57. The van der Waals surface area contributed by atoms with Crippen molar-refractivity contribution >= 4 is 10.4 Å². The number of unbranched alkanes of at least 4 members (excludes halogenated alkanes) is 10. The molecule has 0 aromatic heterocycles. The Hall–Kier alpha value is -0.170. The predicted molar refractivity (Wildman–Crippen MR) is 82.9 cm³/mol. The topological polar surface area (TPSA) is 75.7 Å². The molecule has 6 heteroatoms. The van der Waals surface area contributed by atoms with Gasteiger partial charge < -0.3 is 9.29 Å². The van der Waals surface area contributed by atoms with E-state index >= 15 is 0 Å². The molecule has 0 aliphatic carbocycles. The molecule has 0 atom stereocenters. The lowest BCUT2D eigenvalue weighted by atomic mass is 10.1. The Morgan fingerprint density at radius 3 is 1.67 bits per heavy atom. The van der Waals surface area contributed by atoms with E-state index in [1.165, 1.54) is 57.8 Å². The average Bonchev–Trinajstić information content (AvgIpc) is 2.42. The van der Waals surface area contributed by atoms with Crippen LogP contribution in [-0.4, -0.2) is 32.8 Å². The molecule has 0 aromatic rings. The van der Waals surface area contributed by atoms with Crippen LogP contribution in [0.5, 0.6) is 0 Å². The van der Waals surface area contributed by atoms with Crippen LogP contribution in [-0.2, 0) is 19.3 Å². The molecule has 0 aliphatic rings. The molecular formula is C15H31O5S-. The molecule has 5 nitrogen and oxygen atoms in total. The van der Waals surface area contributed by atoms with Gasteiger partial charge in [0.05, 0.1) is 13.2 Å². The molecule has 0 radical (unpaired) electrons. The number of hydrogen-bond donors (Lipinski definition) is 0. The van der Waals surface area contributed by atoms with Crippen molar-refractivity contribution in [2.75, 3.05) is 19.8 Å². The van der Waals surface area contributed by atoms with E-state index in [4.69, 9.17) is 4.74 Å². The Bertz CT molecular complexity index is 303. The van der Waals surface area contributed by atoms with E-state index in [0.29, 0.717) is 6.61 Å². The molecule has 0 amide bonds. The van der Waals surface area contributed by atoms with Crippen molar-refractivity contribution in [3.05, 3.63) is 0 Å². The van der Waals surface area contributed by atoms with Crippen molar-refractivity contribution < 1.29 is 21.9 Å². The predicted octanol–water partition coefficient (Wildman–Crippen LogP) is 3.79. The van der Waals surface area contributed by atoms with E-state index in [2.05, 4.69) is 11.1 Å². The van der Waals surface area contributed by atoms with Crippen LogP contribution in [0.1, 0.15) is 77.6 Å². The van der Waals surface area contributed by atoms with E-state index in [1.807, 2.05) is 0 Å². The van der Waals surface area contributed by atoms with Gasteiger partial charge in [0.25, 0.3) is 0 Å². The highest BCUT2D eigenvalue weighted by Crippen LogP contribution is 2.11. The Morgan fingerprint density at radius 2 is 1.19 bits per heavy atom. The molecule has 0 fully saturated rings. The zero-order valence-electron chi connectivity index (χ0n) is 13.3. The Morgan fingerprint density at radius 1 is 0.714 bits per heavy atom. The molecule has 0 saturated heterocycles. The minimum absolute atomic E-state index is 0.152. The number of ether oxygens (including phenoxy) is 1. The summed E-state index contributed by atoms with van der Waals surface area (Å²) < 4.78 is 39.6. The van der Waals surface area contributed by atoms with Crippen LogP contribution >= 0.6 is 0 Å². The summed E-state index contributed by atoms with van der Waals surface area (Å²) in [6.07, 6.45) is 14.1. The first-order valence-corrected chi connectivity index (χ1v) is 9.57. The third-order valence-electron chi connectivity index (χ3n) is 3.35. The van der Waals surface area contributed by atoms with Gasteiger partial charge in [0, 0.05) is 6.61 Å². The van der Waals surface area contributed by atoms with E-state index in [9.17, 15) is 13.0 Å². The summed E-state index contributed by atoms with van der Waals surface area (Å²) in [5.74, 6) is 0. The van der Waals surface area contributed by atoms with E-state index < -0.39 is 10.4 Å². The lowest BCUT2D eigenvalue weighted by Gasteiger charge is -2.08. The first-order valence-electron chi connectivity index (χ1n) is 8.24. The molecule has 0 saturated carbocycles. The largest absolute Gasteiger partial charge is 0.726 e. The molecule has 0 bridgehead atoms. The highest BCUT2D eigenvalue weighted by Gasteiger charge is 1.96. The van der Waals surface area contributed by atoms with E-state index in [1.54, 1.807) is 0 Å². The zero-order valence-corrected chi connectivity index (χ0v) is 14.2. The molecule has 0 N–H and O–H groups in total. The van der Waals surface area contributed by atoms with E-state index in [-0.39, 0.29) is 13.2 Å². The van der Waals surface area contributed by atoms with Gasteiger partial charge in [-0.2, -0.15) is 0 Å². The molecule has 0 aliphatic heterocycles. The van der Waals surface area contributed by atoms with Crippen LogP contribution in [0.15, 0.2) is 0 Å². The highest BCUT2D eigenvalue weighted by atomic mass is 32.3. The van der Waals surface area contributed by atoms with Gasteiger partial charge in [-0.15, -0.1) is 0 Å². The molecule has 0 aromatic carbocycles. The summed E-state index contributed by atoms with van der Waals surface area (Å²) in [5, 5.41) is 0. The summed E-state index contributed by atoms with van der Waals surface area (Å²) in [6.45, 7) is 2.80. The fourth-order valence-electron chi connectivity index (χ4n) is 2.17. The maximum atomic E-state index is 10.1. The maximum Gasteiger partial charge on any atom is 0.217 e. The van der Waals surface area contributed by atoms with Gasteiger partial charge in [0.2, 0.25) is 10.4 Å². The Labute approximate surface area is 130 Å². The van der Waals surface area contributed by atoms with Crippen molar-refractivity contribution in [1.29, 1.82) is 0 Å². The first-order chi connectivity index (χ1) is 10.1. The molecule has 0 heterocycles. The second kappa shape index (κ2) is 14.8. The van der Waals surface area contributed by atoms with Crippen molar-refractivity contribution in [2.24, 2.45) is 0 Å². The lowest BCUT2D eigenvalue weighted by Crippen LogP contribution is -2.10. The summed E-state index contributed by atoms with van der Waals surface area (Å²) in [6, 6.07) is 0. The van der Waals surface area contributed by atoms with Crippen molar-refractivity contribution in [2.45, 2.75) is 77.6 Å². The van der Waals surface area contributed by atoms with Crippen LogP contribution in [0.3, 0.4) is 0 Å². The van der Waals surface area contributed by atoms with Gasteiger partial charge in [-0.05, 0) is 6.42 Å². The standard InChI is InChI=1S/C15H32O5S/c1-2-3-4-5-6-7-8-9-10-11-12-13-19-14-15-20-21(16,17)18/h2-15H2,1H3,(H,16,17,18)/p-1. The SMILES string of the molecule is CCCCCCCCCCCCCOCCOS(=O)(=O)[O-]. The summed E-state index contributed by atoms with van der Waals surface area (Å²) in [5.41, 5.74) is 0. The van der Waals surface area contributed by atoms with Crippen molar-refractivity contribution in [3.8, 4) is 0 Å². The molecule has 0 unspecified atom stereocenters. The van der Waals surface area contributed by atoms with Gasteiger partial charge in [0.1, 0.15) is 0 Å². The van der Waals surface area contributed by atoms with Crippen LogP contribution in [0.2, 0.25) is 0 Å². The number of rotatable bonds is 16. The molecule has 0 spiro atoms. The highest BCUT2D eigenvalue weighted by molar-refractivity contribution is 7.80. The fourth-order valence-corrected chi connectivity index (χ4v) is 2.44. The van der Waals surface area contributed by atoms with Gasteiger partial charge in [-0.3, -0.25) is 4.18 Å². The third-order valence-corrected chi connectivity index (χ3v) is 3.80. The minimum Gasteiger partial charge on any atom is -0.726 e. The minimum atomic E-state index is -4.57. The van der Waals surface area contributed by atoms with Crippen molar-refractivity contribution in [3.63, 3.8) is 0 Å². The number of hydrogen-bond acceptors (Lipinski definition) is 5. The molecule has 128 valence electrons. The maximum absolute atomic E-state index is 10.1. The quantitative estimate of drug-likeness (QED) is 0.245. The molecule has 0 rings (SSSR count).